The van der Waals surface area contributed by atoms with E-state index >= 15 is 0 Å². The van der Waals surface area contributed by atoms with Gasteiger partial charge in [0.15, 0.2) is 0 Å². The van der Waals surface area contributed by atoms with E-state index in [-0.39, 0.29) is 17.5 Å². The summed E-state index contributed by atoms with van der Waals surface area (Å²) >= 11 is 0. The SMILES string of the molecule is Cc1ccc(NC(C[N+](=O)[O-])c2cccnc2)c(C)c1. The van der Waals surface area contributed by atoms with Gasteiger partial charge in [-0.1, -0.05) is 23.8 Å². The highest BCUT2D eigenvalue weighted by atomic mass is 16.6. The molecule has 2 rings (SSSR count). The Morgan fingerprint density at radius 1 is 1.35 bits per heavy atom. The first-order valence-corrected chi connectivity index (χ1v) is 6.42. The van der Waals surface area contributed by atoms with Crippen molar-refractivity contribution in [2.24, 2.45) is 0 Å². The summed E-state index contributed by atoms with van der Waals surface area (Å²) < 4.78 is 0. The molecule has 20 heavy (non-hydrogen) atoms. The molecule has 104 valence electrons. The third-order valence-electron chi connectivity index (χ3n) is 3.13. The van der Waals surface area contributed by atoms with Gasteiger partial charge in [-0.25, -0.2) is 0 Å². The second-order valence-electron chi connectivity index (χ2n) is 4.82. The number of nitrogens with one attached hydrogen (secondary N) is 1. The van der Waals surface area contributed by atoms with Crippen LogP contribution < -0.4 is 5.32 Å². The largest absolute Gasteiger partial charge is 0.372 e. The molecule has 1 aromatic heterocycles. The van der Waals surface area contributed by atoms with Crippen LogP contribution in [-0.2, 0) is 0 Å². The number of aromatic nitrogens is 1. The number of hydrogen-bond acceptors (Lipinski definition) is 4. The van der Waals surface area contributed by atoms with Gasteiger partial charge >= 0.3 is 0 Å². The van der Waals surface area contributed by atoms with Crippen LogP contribution >= 0.6 is 0 Å². The summed E-state index contributed by atoms with van der Waals surface area (Å²) in [5, 5.41) is 14.1. The van der Waals surface area contributed by atoms with Crippen molar-refractivity contribution in [1.82, 2.24) is 4.98 Å². The fourth-order valence-electron chi connectivity index (χ4n) is 2.13. The summed E-state index contributed by atoms with van der Waals surface area (Å²) in [5.41, 5.74) is 3.96. The van der Waals surface area contributed by atoms with Gasteiger partial charge in [0.1, 0.15) is 6.04 Å². The number of nitro groups is 1. The standard InChI is InChI=1S/C15H17N3O2/c1-11-5-6-14(12(2)8-11)17-15(10-18(19)20)13-4-3-7-16-9-13/h3-9,15,17H,10H2,1-2H3. The fourth-order valence-corrected chi connectivity index (χ4v) is 2.13. The topological polar surface area (TPSA) is 68.1 Å². The van der Waals surface area contributed by atoms with Gasteiger partial charge in [-0.05, 0) is 37.1 Å². The molecular weight excluding hydrogens is 254 g/mol. The summed E-state index contributed by atoms with van der Waals surface area (Å²) in [5.74, 6) is 0. The minimum atomic E-state index is -0.389. The summed E-state index contributed by atoms with van der Waals surface area (Å²) in [4.78, 5) is 14.6. The number of pyridine rings is 1. The van der Waals surface area contributed by atoms with Crippen LogP contribution in [0, 0.1) is 24.0 Å². The Bertz CT molecular complexity index is 599. The van der Waals surface area contributed by atoms with E-state index in [0.29, 0.717) is 0 Å². The molecule has 0 aliphatic rings. The predicted molar refractivity (Wildman–Crippen MR) is 78.4 cm³/mol. The molecule has 1 aromatic carbocycles. The molecule has 1 atom stereocenters. The number of aryl methyl sites for hydroxylation is 2. The number of nitrogens with zero attached hydrogens (tertiary/aromatic N) is 2. The monoisotopic (exact) mass is 271 g/mol. The molecule has 1 heterocycles. The Morgan fingerprint density at radius 3 is 2.75 bits per heavy atom. The molecule has 0 saturated heterocycles. The lowest BCUT2D eigenvalue weighted by atomic mass is 10.1. The Balaban J connectivity index is 2.26. The van der Waals surface area contributed by atoms with Crippen molar-refractivity contribution < 1.29 is 4.92 Å². The smallest absolute Gasteiger partial charge is 0.227 e. The molecule has 0 aliphatic carbocycles. The summed E-state index contributed by atoms with van der Waals surface area (Å²) in [7, 11) is 0. The second-order valence-corrected chi connectivity index (χ2v) is 4.82. The zero-order valence-electron chi connectivity index (χ0n) is 11.5. The Labute approximate surface area is 117 Å². The number of hydrogen-bond donors (Lipinski definition) is 1. The lowest BCUT2D eigenvalue weighted by Crippen LogP contribution is -2.21. The average molecular weight is 271 g/mol. The van der Waals surface area contributed by atoms with Gasteiger partial charge < -0.3 is 5.32 Å². The van der Waals surface area contributed by atoms with Crippen LogP contribution in [0.2, 0.25) is 0 Å². The number of rotatable bonds is 5. The van der Waals surface area contributed by atoms with Crippen molar-refractivity contribution in [3.8, 4) is 0 Å². The highest BCUT2D eigenvalue weighted by Gasteiger charge is 2.18. The highest BCUT2D eigenvalue weighted by Crippen LogP contribution is 2.23. The van der Waals surface area contributed by atoms with Gasteiger partial charge in [0.25, 0.3) is 0 Å². The first kappa shape index (κ1) is 14.0. The molecule has 0 saturated carbocycles. The van der Waals surface area contributed by atoms with Gasteiger partial charge in [-0.3, -0.25) is 15.1 Å². The summed E-state index contributed by atoms with van der Waals surface area (Å²) in [6, 6.07) is 9.23. The van der Waals surface area contributed by atoms with Gasteiger partial charge in [0, 0.05) is 23.0 Å². The Morgan fingerprint density at radius 2 is 2.15 bits per heavy atom. The molecule has 5 nitrogen and oxygen atoms in total. The third-order valence-corrected chi connectivity index (χ3v) is 3.13. The highest BCUT2D eigenvalue weighted by molar-refractivity contribution is 5.53. The summed E-state index contributed by atoms with van der Waals surface area (Å²) in [6.45, 7) is 3.83. The van der Waals surface area contributed by atoms with Crippen LogP contribution in [0.4, 0.5) is 5.69 Å². The van der Waals surface area contributed by atoms with Gasteiger partial charge in [-0.15, -0.1) is 0 Å². The lowest BCUT2D eigenvalue weighted by molar-refractivity contribution is -0.482. The molecule has 2 aromatic rings. The van der Waals surface area contributed by atoms with Crippen molar-refractivity contribution in [1.29, 1.82) is 0 Å². The molecule has 0 amide bonds. The first-order valence-electron chi connectivity index (χ1n) is 6.42. The van der Waals surface area contributed by atoms with Crippen molar-refractivity contribution in [2.75, 3.05) is 11.9 Å². The van der Waals surface area contributed by atoms with E-state index in [1.807, 2.05) is 32.0 Å². The maximum absolute atomic E-state index is 10.9. The van der Waals surface area contributed by atoms with Crippen molar-refractivity contribution >= 4 is 5.69 Å². The molecule has 0 bridgehead atoms. The van der Waals surface area contributed by atoms with Crippen LogP contribution in [0.1, 0.15) is 22.7 Å². The van der Waals surface area contributed by atoms with Crippen molar-refractivity contribution in [2.45, 2.75) is 19.9 Å². The van der Waals surface area contributed by atoms with E-state index in [1.165, 1.54) is 5.56 Å². The predicted octanol–water partition coefficient (Wildman–Crippen LogP) is 3.13. The molecule has 1 unspecified atom stereocenters. The average Bonchev–Trinajstić information content (AvgIpc) is 2.41. The van der Waals surface area contributed by atoms with Crippen LogP contribution in [0.5, 0.6) is 0 Å². The fraction of sp³-hybridized carbons (Fsp3) is 0.267. The molecule has 0 aliphatic heterocycles. The Kier molecular flexibility index (Phi) is 4.30. The number of benzene rings is 1. The minimum Gasteiger partial charge on any atom is -0.372 e. The van der Waals surface area contributed by atoms with Crippen LogP contribution in [0.25, 0.3) is 0 Å². The molecule has 5 heteroatoms. The van der Waals surface area contributed by atoms with E-state index in [1.54, 1.807) is 18.5 Å². The summed E-state index contributed by atoms with van der Waals surface area (Å²) in [6.07, 6.45) is 3.31. The normalized spacial score (nSPS) is 11.9. The maximum atomic E-state index is 10.9. The molecule has 0 fully saturated rings. The Hall–Kier alpha value is -2.43. The molecule has 1 N–H and O–H groups in total. The van der Waals surface area contributed by atoms with E-state index in [9.17, 15) is 10.1 Å². The quantitative estimate of drug-likeness (QED) is 0.670. The minimum absolute atomic E-state index is 0.182. The first-order chi connectivity index (χ1) is 9.56. The number of anilines is 1. The molecule has 0 radical (unpaired) electrons. The zero-order valence-corrected chi connectivity index (χ0v) is 11.5. The van der Waals surface area contributed by atoms with Crippen molar-refractivity contribution in [3.05, 3.63) is 69.5 Å². The van der Waals surface area contributed by atoms with E-state index in [4.69, 9.17) is 0 Å². The maximum Gasteiger partial charge on any atom is 0.227 e. The van der Waals surface area contributed by atoms with Gasteiger partial charge in [0.2, 0.25) is 6.54 Å². The van der Waals surface area contributed by atoms with Gasteiger partial charge in [-0.2, -0.15) is 0 Å². The van der Waals surface area contributed by atoms with Gasteiger partial charge in [0.05, 0.1) is 0 Å². The zero-order chi connectivity index (χ0) is 14.5. The molecular formula is C15H17N3O2. The molecule has 0 spiro atoms. The second kappa shape index (κ2) is 6.14. The van der Waals surface area contributed by atoms with E-state index in [2.05, 4.69) is 16.4 Å². The van der Waals surface area contributed by atoms with Crippen LogP contribution in [-0.4, -0.2) is 16.5 Å². The van der Waals surface area contributed by atoms with Crippen LogP contribution in [0.3, 0.4) is 0 Å². The van der Waals surface area contributed by atoms with E-state index < -0.39 is 0 Å². The third kappa shape index (κ3) is 3.54. The van der Waals surface area contributed by atoms with Crippen molar-refractivity contribution in [3.63, 3.8) is 0 Å². The van der Waals surface area contributed by atoms with E-state index in [0.717, 1.165) is 16.8 Å². The lowest BCUT2D eigenvalue weighted by Gasteiger charge is -2.18. The van der Waals surface area contributed by atoms with Crippen LogP contribution in [0.15, 0.2) is 42.7 Å².